The molecule has 1 aromatic heterocycles. The standard InChI is InChI=1S/C27H20F3O2S2/c1-4-26(3,20-11-13-21(14-12-20)33-27(28,29)30)32-25(31)19-9-15-22(16-10-19)34-17-18(2)23-7-5-6-8-24(23)34/h1,5-17H,2-3H3/q+1. The number of alkyl halides is 3. The lowest BCUT2D eigenvalue weighted by Crippen LogP contribution is -2.27. The van der Waals surface area contributed by atoms with Gasteiger partial charge in [-0.1, -0.05) is 30.2 Å². The molecule has 0 aliphatic carbocycles. The minimum absolute atomic E-state index is 0.0242. The highest BCUT2D eigenvalue weighted by Gasteiger charge is 2.32. The summed E-state index contributed by atoms with van der Waals surface area (Å²) in [6, 6.07) is 21.0. The topological polar surface area (TPSA) is 26.3 Å². The number of esters is 1. The smallest absolute Gasteiger partial charge is 0.438 e. The van der Waals surface area contributed by atoms with Crippen LogP contribution in [0.3, 0.4) is 0 Å². The highest BCUT2D eigenvalue weighted by atomic mass is 32.2. The highest BCUT2D eigenvalue weighted by Crippen LogP contribution is 2.42. The van der Waals surface area contributed by atoms with Crippen molar-refractivity contribution >= 4 is 38.3 Å². The lowest BCUT2D eigenvalue weighted by Gasteiger charge is -2.24. The van der Waals surface area contributed by atoms with E-state index in [0.29, 0.717) is 11.1 Å². The van der Waals surface area contributed by atoms with Crippen LogP contribution in [0.2, 0.25) is 0 Å². The Morgan fingerprint density at radius 3 is 2.26 bits per heavy atom. The zero-order valence-electron chi connectivity index (χ0n) is 18.3. The van der Waals surface area contributed by atoms with Gasteiger partial charge in [-0.05, 0) is 74.1 Å². The van der Waals surface area contributed by atoms with E-state index in [1.807, 2.05) is 24.3 Å². The summed E-state index contributed by atoms with van der Waals surface area (Å²) in [4.78, 5) is 14.0. The monoisotopic (exact) mass is 497 g/mol. The number of aryl methyl sites for hydroxylation is 1. The van der Waals surface area contributed by atoms with E-state index < -0.39 is 17.1 Å². The number of hydrogen-bond donors (Lipinski definition) is 0. The number of rotatable bonds is 5. The zero-order chi connectivity index (χ0) is 24.5. The molecule has 3 aromatic carbocycles. The molecule has 2 unspecified atom stereocenters. The Morgan fingerprint density at radius 1 is 1.00 bits per heavy atom. The van der Waals surface area contributed by atoms with Gasteiger partial charge in [0, 0.05) is 31.9 Å². The van der Waals surface area contributed by atoms with Crippen LogP contribution in [0.25, 0.3) is 15.0 Å². The molecule has 7 heteroatoms. The van der Waals surface area contributed by atoms with Gasteiger partial charge >= 0.3 is 11.5 Å². The summed E-state index contributed by atoms with van der Waals surface area (Å²) in [5, 5.41) is 3.47. The normalized spacial score (nSPS) is 13.8. The molecule has 0 aliphatic heterocycles. The molecule has 1 heterocycles. The van der Waals surface area contributed by atoms with Crippen molar-refractivity contribution in [2.24, 2.45) is 0 Å². The second kappa shape index (κ2) is 9.21. The van der Waals surface area contributed by atoms with Crippen LogP contribution in [-0.2, 0) is 10.3 Å². The van der Waals surface area contributed by atoms with Crippen LogP contribution in [0.15, 0.2) is 83.1 Å². The summed E-state index contributed by atoms with van der Waals surface area (Å²) in [6.07, 6.45) is 5.65. The van der Waals surface area contributed by atoms with Gasteiger partial charge in [0.25, 0.3) is 0 Å². The van der Waals surface area contributed by atoms with Crippen LogP contribution in [0.1, 0.15) is 28.4 Å². The predicted molar refractivity (Wildman–Crippen MR) is 132 cm³/mol. The number of benzene rings is 3. The average Bonchev–Trinajstić information content (AvgIpc) is 3.15. The molecule has 4 aromatic rings. The van der Waals surface area contributed by atoms with Crippen LogP contribution < -0.4 is 0 Å². The maximum absolute atomic E-state index is 12.8. The molecule has 172 valence electrons. The number of thioether (sulfide) groups is 1. The largest absolute Gasteiger partial charge is 0.446 e. The molecule has 2 atom stereocenters. The molecular weight excluding hydrogens is 477 g/mol. The van der Waals surface area contributed by atoms with E-state index in [-0.39, 0.29) is 27.1 Å². The first-order chi connectivity index (χ1) is 16.1. The molecule has 0 amide bonds. The lowest BCUT2D eigenvalue weighted by molar-refractivity contribution is -0.0328. The number of thiophene rings is 1. The van der Waals surface area contributed by atoms with Crippen LogP contribution in [-0.4, -0.2) is 11.5 Å². The highest BCUT2D eigenvalue weighted by molar-refractivity contribution is 8.00. The molecule has 0 N–H and O–H groups in total. The van der Waals surface area contributed by atoms with Crippen molar-refractivity contribution < 1.29 is 22.7 Å². The van der Waals surface area contributed by atoms with Crippen molar-refractivity contribution in [2.45, 2.75) is 29.9 Å². The van der Waals surface area contributed by atoms with E-state index in [4.69, 9.17) is 11.2 Å². The van der Waals surface area contributed by atoms with Gasteiger partial charge in [0.15, 0.2) is 15.2 Å². The number of hydrogen-bond acceptors (Lipinski definition) is 3. The molecular formula is C27H20F3O2S2+. The van der Waals surface area contributed by atoms with Gasteiger partial charge < -0.3 is 4.74 Å². The molecule has 0 bridgehead atoms. The van der Waals surface area contributed by atoms with Gasteiger partial charge in [0.05, 0.1) is 5.56 Å². The van der Waals surface area contributed by atoms with Crippen molar-refractivity contribution in [3.63, 3.8) is 0 Å². The number of terminal acetylenes is 1. The second-order valence-electron chi connectivity index (χ2n) is 7.80. The van der Waals surface area contributed by atoms with Gasteiger partial charge in [-0.3, -0.25) is 0 Å². The van der Waals surface area contributed by atoms with E-state index >= 15 is 0 Å². The fourth-order valence-electron chi connectivity index (χ4n) is 3.61. The van der Waals surface area contributed by atoms with Crippen molar-refractivity contribution in [2.75, 3.05) is 0 Å². The van der Waals surface area contributed by atoms with Crippen LogP contribution in [0, 0.1) is 19.3 Å². The zero-order valence-corrected chi connectivity index (χ0v) is 20.0. The fourth-order valence-corrected chi connectivity index (χ4v) is 6.27. The van der Waals surface area contributed by atoms with E-state index in [9.17, 15) is 18.0 Å². The number of ether oxygens (including phenoxy) is 1. The summed E-state index contributed by atoms with van der Waals surface area (Å²) >= 11 is -0.217. The molecule has 4 rings (SSSR count). The SMILES string of the molecule is C#CC(C)(OC(=O)c1ccc(-[s+]2cc(C)c3ccccc32)cc1)c1ccc(SC(F)(F)F)cc1. The summed E-state index contributed by atoms with van der Waals surface area (Å²) in [5.41, 5.74) is -3.83. The van der Waals surface area contributed by atoms with Crippen molar-refractivity contribution in [3.05, 3.63) is 94.9 Å². The van der Waals surface area contributed by atoms with E-state index in [2.05, 4.69) is 30.4 Å². The molecule has 2 nitrogen and oxygen atoms in total. The molecule has 0 saturated carbocycles. The Kier molecular flexibility index (Phi) is 6.48. The minimum Gasteiger partial charge on any atom is -0.438 e. The number of fused-ring (bicyclic) bond motifs is 1. The Morgan fingerprint density at radius 2 is 1.65 bits per heavy atom. The number of carbonyl (C=O) groups excluding carboxylic acids is 1. The van der Waals surface area contributed by atoms with E-state index in [0.717, 1.165) is 4.90 Å². The molecule has 0 aliphatic rings. The maximum Gasteiger partial charge on any atom is 0.446 e. The van der Waals surface area contributed by atoms with Crippen molar-refractivity contribution in [3.8, 4) is 17.2 Å². The Labute approximate surface area is 202 Å². The maximum atomic E-state index is 12.8. The molecule has 0 radical (unpaired) electrons. The summed E-state index contributed by atoms with van der Waals surface area (Å²) in [5.74, 6) is 1.85. The lowest BCUT2D eigenvalue weighted by atomic mass is 9.96. The molecule has 0 spiro atoms. The van der Waals surface area contributed by atoms with Gasteiger partial charge in [0.2, 0.25) is 0 Å². The summed E-state index contributed by atoms with van der Waals surface area (Å²) in [6.45, 7) is 3.63. The summed E-state index contributed by atoms with van der Waals surface area (Å²) in [7, 11) is -0.206. The number of carbonyl (C=O) groups is 1. The third-order valence-corrected chi connectivity index (χ3v) is 8.34. The van der Waals surface area contributed by atoms with Crippen molar-refractivity contribution in [1.29, 1.82) is 0 Å². The van der Waals surface area contributed by atoms with Gasteiger partial charge in [-0.2, -0.15) is 13.2 Å². The fraction of sp³-hybridized carbons (Fsp3) is 0.148. The first kappa shape index (κ1) is 23.9. The molecule has 0 fully saturated rings. The van der Waals surface area contributed by atoms with Crippen molar-refractivity contribution in [1.82, 2.24) is 0 Å². The minimum atomic E-state index is -4.38. The Hall–Kier alpha value is -3.21. The molecule has 0 saturated heterocycles. The first-order valence-corrected chi connectivity index (χ1v) is 12.4. The third kappa shape index (κ3) is 4.98. The quantitative estimate of drug-likeness (QED) is 0.120. The number of halogens is 3. The van der Waals surface area contributed by atoms with Crippen LogP contribution in [0.5, 0.6) is 0 Å². The van der Waals surface area contributed by atoms with E-state index in [1.54, 1.807) is 12.1 Å². The predicted octanol–water partition coefficient (Wildman–Crippen LogP) is 8.20. The van der Waals surface area contributed by atoms with Crippen LogP contribution in [0.4, 0.5) is 13.2 Å². The molecule has 34 heavy (non-hydrogen) atoms. The average molecular weight is 498 g/mol. The Bertz CT molecular complexity index is 1380. The summed E-state index contributed by atoms with van der Waals surface area (Å²) < 4.78 is 44.6. The van der Waals surface area contributed by atoms with Gasteiger partial charge in [-0.25, -0.2) is 4.79 Å². The van der Waals surface area contributed by atoms with Gasteiger partial charge in [-0.15, -0.1) is 6.42 Å². The Balaban J connectivity index is 1.54. The second-order valence-corrected chi connectivity index (χ2v) is 10.8. The van der Waals surface area contributed by atoms with E-state index in [1.165, 1.54) is 46.8 Å². The third-order valence-electron chi connectivity index (χ3n) is 5.40. The van der Waals surface area contributed by atoms with Crippen LogP contribution >= 0.6 is 22.2 Å². The first-order valence-electron chi connectivity index (χ1n) is 10.3. The van der Waals surface area contributed by atoms with Gasteiger partial charge in [0.1, 0.15) is 5.38 Å².